The molecule has 0 unspecified atom stereocenters. The third-order valence-electron chi connectivity index (χ3n) is 5.60. The number of H-pyrrole nitrogens is 1. The predicted molar refractivity (Wildman–Crippen MR) is 110 cm³/mol. The third kappa shape index (κ3) is 4.75. The Kier molecular flexibility index (Phi) is 6.19. The van der Waals surface area contributed by atoms with E-state index in [9.17, 15) is 22.8 Å². The number of amides is 1. The maximum atomic E-state index is 13.2. The highest BCUT2D eigenvalue weighted by molar-refractivity contribution is 5.85. The van der Waals surface area contributed by atoms with Gasteiger partial charge in [-0.2, -0.15) is 23.5 Å². The lowest BCUT2D eigenvalue weighted by Crippen LogP contribution is -2.59. The number of nitriles is 1. The number of ether oxygens (including phenoxy) is 1. The van der Waals surface area contributed by atoms with E-state index in [1.54, 1.807) is 17.0 Å². The van der Waals surface area contributed by atoms with Gasteiger partial charge in [0.2, 0.25) is 5.91 Å². The van der Waals surface area contributed by atoms with Crippen molar-refractivity contribution in [1.29, 1.82) is 5.26 Å². The normalized spacial score (nSPS) is 19.3. The van der Waals surface area contributed by atoms with Crippen LogP contribution in [-0.4, -0.2) is 78.0 Å². The molecule has 0 radical (unpaired) electrons. The highest BCUT2D eigenvalue weighted by Crippen LogP contribution is 2.29. The Hall–Kier alpha value is -3.66. The highest BCUT2D eigenvalue weighted by Gasteiger charge is 2.38. The number of alkyl halides is 3. The summed E-state index contributed by atoms with van der Waals surface area (Å²) in [6.07, 6.45) is -3.36. The van der Waals surface area contributed by atoms with Gasteiger partial charge in [0.1, 0.15) is 23.5 Å². The van der Waals surface area contributed by atoms with E-state index >= 15 is 0 Å². The summed E-state index contributed by atoms with van der Waals surface area (Å²) in [6.45, 7) is 2.15. The van der Waals surface area contributed by atoms with Crippen LogP contribution < -0.4 is 15.4 Å². The summed E-state index contributed by atoms with van der Waals surface area (Å²) < 4.78 is 44.9. The molecule has 0 aliphatic carbocycles. The SMILES string of the molecule is N#Cc1ccc(N2CCN(C(=O)[C@@H]3COCCN3c3cc(C(F)(F)F)c(=O)[nH]n3)CC2)nc1. The first kappa shape index (κ1) is 22.5. The number of halogens is 3. The van der Waals surface area contributed by atoms with Crippen LogP contribution in [0.2, 0.25) is 0 Å². The van der Waals surface area contributed by atoms with E-state index in [0.717, 1.165) is 0 Å². The van der Waals surface area contributed by atoms with Crippen molar-refractivity contribution >= 4 is 17.5 Å². The monoisotopic (exact) mass is 463 g/mol. The Bertz CT molecular complexity index is 1110. The Balaban J connectivity index is 1.47. The van der Waals surface area contributed by atoms with Gasteiger partial charge in [-0.05, 0) is 12.1 Å². The van der Waals surface area contributed by atoms with E-state index < -0.39 is 23.3 Å². The standard InChI is InChI=1S/C20H20F3N7O3/c21-20(22,23)14-9-17(26-27-18(14)31)30-7-8-33-12-15(30)19(32)29-5-3-28(4-6-29)16-2-1-13(10-24)11-25-16/h1-2,9,11,15H,3-8,12H2,(H,27,31)/t15-/m0/s1. The van der Waals surface area contributed by atoms with Gasteiger partial charge in [0.25, 0.3) is 5.56 Å². The van der Waals surface area contributed by atoms with E-state index in [1.165, 1.54) is 11.1 Å². The first-order valence-corrected chi connectivity index (χ1v) is 10.2. The summed E-state index contributed by atoms with van der Waals surface area (Å²) in [4.78, 5) is 34.1. The van der Waals surface area contributed by atoms with Gasteiger partial charge in [-0.3, -0.25) is 9.59 Å². The number of nitrogens with zero attached hydrogens (tertiary/aromatic N) is 6. The minimum Gasteiger partial charge on any atom is -0.377 e. The zero-order chi connectivity index (χ0) is 23.6. The van der Waals surface area contributed by atoms with Crippen molar-refractivity contribution in [1.82, 2.24) is 20.1 Å². The second-order valence-corrected chi connectivity index (χ2v) is 7.58. The molecule has 0 aromatic carbocycles. The van der Waals surface area contributed by atoms with E-state index in [1.807, 2.05) is 16.1 Å². The van der Waals surface area contributed by atoms with Crippen molar-refractivity contribution in [2.45, 2.75) is 12.2 Å². The van der Waals surface area contributed by atoms with Crippen LogP contribution in [0.15, 0.2) is 29.2 Å². The molecule has 2 aromatic heterocycles. The number of pyridine rings is 1. The van der Waals surface area contributed by atoms with Crippen LogP contribution in [0.25, 0.3) is 0 Å². The maximum absolute atomic E-state index is 13.2. The molecule has 0 bridgehead atoms. The van der Waals surface area contributed by atoms with E-state index in [-0.39, 0.29) is 31.5 Å². The molecule has 2 aromatic rings. The van der Waals surface area contributed by atoms with Gasteiger partial charge in [-0.25, -0.2) is 10.1 Å². The summed E-state index contributed by atoms with van der Waals surface area (Å²) in [6, 6.07) is 5.23. The molecule has 1 atom stereocenters. The van der Waals surface area contributed by atoms with Gasteiger partial charge in [-0.15, -0.1) is 0 Å². The van der Waals surface area contributed by atoms with Crippen molar-refractivity contribution in [3.63, 3.8) is 0 Å². The number of carbonyl (C=O) groups is 1. The number of hydrogen-bond acceptors (Lipinski definition) is 8. The number of piperazine rings is 1. The lowest BCUT2D eigenvalue weighted by molar-refractivity contribution is -0.138. The van der Waals surface area contributed by atoms with Crippen molar-refractivity contribution in [3.05, 3.63) is 45.9 Å². The van der Waals surface area contributed by atoms with E-state index in [0.29, 0.717) is 43.6 Å². The van der Waals surface area contributed by atoms with Crippen LogP contribution in [0.1, 0.15) is 11.1 Å². The first-order chi connectivity index (χ1) is 15.8. The number of nitrogens with one attached hydrogen (secondary N) is 1. The molecule has 4 heterocycles. The van der Waals surface area contributed by atoms with Crippen molar-refractivity contribution in [2.24, 2.45) is 0 Å². The van der Waals surface area contributed by atoms with Crippen LogP contribution in [0.5, 0.6) is 0 Å². The molecule has 1 N–H and O–H groups in total. The number of carbonyl (C=O) groups excluding carboxylic acids is 1. The van der Waals surface area contributed by atoms with Gasteiger partial charge in [0, 0.05) is 45.0 Å². The lowest BCUT2D eigenvalue weighted by Gasteiger charge is -2.41. The second-order valence-electron chi connectivity index (χ2n) is 7.58. The molecular weight excluding hydrogens is 443 g/mol. The van der Waals surface area contributed by atoms with E-state index in [2.05, 4.69) is 10.1 Å². The molecule has 0 saturated carbocycles. The number of morpholine rings is 1. The Labute approximate surface area is 186 Å². The van der Waals surface area contributed by atoms with Crippen molar-refractivity contribution in [3.8, 4) is 6.07 Å². The molecule has 10 nitrogen and oxygen atoms in total. The van der Waals surface area contributed by atoms with Gasteiger partial charge in [0.05, 0.1) is 18.8 Å². The minimum absolute atomic E-state index is 0.00160. The largest absolute Gasteiger partial charge is 0.421 e. The van der Waals surface area contributed by atoms with Crippen molar-refractivity contribution in [2.75, 3.05) is 55.7 Å². The fourth-order valence-corrected chi connectivity index (χ4v) is 3.84. The van der Waals surface area contributed by atoms with Crippen LogP contribution in [0.3, 0.4) is 0 Å². The zero-order valence-electron chi connectivity index (χ0n) is 17.4. The number of hydrogen-bond donors (Lipinski definition) is 1. The maximum Gasteiger partial charge on any atom is 0.421 e. The number of aromatic amines is 1. The fraction of sp³-hybridized carbons (Fsp3) is 0.450. The molecule has 2 fully saturated rings. The molecule has 1 amide bonds. The molecule has 2 aliphatic rings. The molecular formula is C20H20F3N7O3. The molecule has 0 spiro atoms. The molecule has 33 heavy (non-hydrogen) atoms. The highest BCUT2D eigenvalue weighted by atomic mass is 19.4. The summed E-state index contributed by atoms with van der Waals surface area (Å²) in [5.74, 6) is 0.272. The smallest absolute Gasteiger partial charge is 0.377 e. The summed E-state index contributed by atoms with van der Waals surface area (Å²) in [5, 5.41) is 14.5. The topological polar surface area (TPSA) is 118 Å². The Morgan fingerprint density at radius 3 is 2.58 bits per heavy atom. The average Bonchev–Trinajstić information content (AvgIpc) is 2.83. The summed E-state index contributed by atoms with van der Waals surface area (Å²) in [7, 11) is 0. The van der Waals surface area contributed by atoms with Crippen LogP contribution in [0, 0.1) is 11.3 Å². The zero-order valence-corrected chi connectivity index (χ0v) is 17.4. The summed E-state index contributed by atoms with van der Waals surface area (Å²) >= 11 is 0. The molecule has 2 aliphatic heterocycles. The number of aromatic nitrogens is 3. The molecule has 174 valence electrons. The van der Waals surface area contributed by atoms with Gasteiger partial charge in [-0.1, -0.05) is 0 Å². The van der Waals surface area contributed by atoms with Crippen LogP contribution >= 0.6 is 0 Å². The Morgan fingerprint density at radius 1 is 1.18 bits per heavy atom. The average molecular weight is 463 g/mol. The second kappa shape index (κ2) is 9.07. The summed E-state index contributed by atoms with van der Waals surface area (Å²) in [5.41, 5.74) is -2.25. The van der Waals surface area contributed by atoms with E-state index in [4.69, 9.17) is 10.00 Å². The van der Waals surface area contributed by atoms with Gasteiger partial charge in [0.15, 0.2) is 5.82 Å². The van der Waals surface area contributed by atoms with Gasteiger partial charge >= 0.3 is 6.18 Å². The quantitative estimate of drug-likeness (QED) is 0.704. The first-order valence-electron chi connectivity index (χ1n) is 10.2. The number of anilines is 2. The Morgan fingerprint density at radius 2 is 1.94 bits per heavy atom. The van der Waals surface area contributed by atoms with Crippen molar-refractivity contribution < 1.29 is 22.7 Å². The number of rotatable bonds is 3. The lowest BCUT2D eigenvalue weighted by atomic mass is 10.1. The molecule has 2 saturated heterocycles. The third-order valence-corrected chi connectivity index (χ3v) is 5.60. The predicted octanol–water partition coefficient (Wildman–Crippen LogP) is 0.609. The molecule has 13 heteroatoms. The fourth-order valence-electron chi connectivity index (χ4n) is 3.84. The minimum atomic E-state index is -4.84. The van der Waals surface area contributed by atoms with Crippen LogP contribution in [0.4, 0.5) is 24.8 Å². The van der Waals surface area contributed by atoms with Gasteiger partial charge < -0.3 is 19.4 Å². The van der Waals surface area contributed by atoms with Crippen LogP contribution in [-0.2, 0) is 15.7 Å². The molecule has 4 rings (SSSR count).